The van der Waals surface area contributed by atoms with Gasteiger partial charge < -0.3 is 10.2 Å². The van der Waals surface area contributed by atoms with Crippen molar-refractivity contribution >= 4 is 17.3 Å². The first-order valence-electron chi connectivity index (χ1n) is 6.87. The van der Waals surface area contributed by atoms with Crippen LogP contribution in [0.4, 0.5) is 5.69 Å². The maximum absolute atomic E-state index is 6.43. The summed E-state index contributed by atoms with van der Waals surface area (Å²) >= 11 is 6.43. The number of hydrogen-bond acceptors (Lipinski definition) is 2. The van der Waals surface area contributed by atoms with Gasteiger partial charge in [0.1, 0.15) is 0 Å². The molecule has 1 aliphatic heterocycles. The third kappa shape index (κ3) is 2.99. The van der Waals surface area contributed by atoms with E-state index in [0.29, 0.717) is 6.04 Å². The summed E-state index contributed by atoms with van der Waals surface area (Å²) in [4.78, 5) is 2.43. The number of halogens is 1. The molecule has 0 radical (unpaired) electrons. The Hall–Kier alpha value is -0.730. The van der Waals surface area contributed by atoms with Crippen LogP contribution in [0, 0.1) is 5.92 Å². The van der Waals surface area contributed by atoms with Crippen molar-refractivity contribution in [1.82, 2.24) is 5.32 Å². The highest BCUT2D eigenvalue weighted by Crippen LogP contribution is 2.34. The Bertz CT molecular complexity index is 405. The van der Waals surface area contributed by atoms with Gasteiger partial charge in [0.25, 0.3) is 0 Å². The minimum absolute atomic E-state index is 0.595. The molecule has 0 spiro atoms. The number of hydrogen-bond donors (Lipinski definition) is 1. The molecule has 2 unspecified atom stereocenters. The third-order valence-corrected chi connectivity index (χ3v) is 3.99. The van der Waals surface area contributed by atoms with E-state index in [-0.39, 0.29) is 0 Å². The van der Waals surface area contributed by atoms with Gasteiger partial charge in [-0.1, -0.05) is 31.5 Å². The lowest BCUT2D eigenvalue weighted by molar-refractivity contribution is 0.625. The van der Waals surface area contributed by atoms with Gasteiger partial charge in [0, 0.05) is 19.1 Å². The van der Waals surface area contributed by atoms with Crippen molar-refractivity contribution in [2.45, 2.75) is 39.8 Å². The van der Waals surface area contributed by atoms with Crippen LogP contribution in [-0.2, 0) is 6.54 Å². The van der Waals surface area contributed by atoms with Gasteiger partial charge in [0.2, 0.25) is 0 Å². The van der Waals surface area contributed by atoms with E-state index in [4.69, 9.17) is 11.6 Å². The first-order valence-corrected chi connectivity index (χ1v) is 7.25. The monoisotopic (exact) mass is 266 g/mol. The summed E-state index contributed by atoms with van der Waals surface area (Å²) < 4.78 is 0. The molecular weight excluding hydrogens is 244 g/mol. The van der Waals surface area contributed by atoms with Gasteiger partial charge in [-0.15, -0.1) is 0 Å². The molecule has 1 fully saturated rings. The number of nitrogens with one attached hydrogen (secondary N) is 1. The largest absolute Gasteiger partial charge is 0.367 e. The highest BCUT2D eigenvalue weighted by molar-refractivity contribution is 6.33. The van der Waals surface area contributed by atoms with Gasteiger partial charge in [0.15, 0.2) is 0 Å². The van der Waals surface area contributed by atoms with Crippen molar-refractivity contribution in [3.8, 4) is 0 Å². The molecule has 0 aliphatic carbocycles. The molecular formula is C15H23ClN2. The van der Waals surface area contributed by atoms with Gasteiger partial charge >= 0.3 is 0 Å². The van der Waals surface area contributed by atoms with Crippen molar-refractivity contribution in [1.29, 1.82) is 0 Å². The van der Waals surface area contributed by atoms with Crippen LogP contribution in [-0.4, -0.2) is 19.1 Å². The third-order valence-electron chi connectivity index (χ3n) is 3.68. The zero-order valence-electron chi connectivity index (χ0n) is 11.5. The van der Waals surface area contributed by atoms with E-state index in [1.165, 1.54) is 17.7 Å². The van der Waals surface area contributed by atoms with Crippen LogP contribution in [0.5, 0.6) is 0 Å². The molecule has 18 heavy (non-hydrogen) atoms. The van der Waals surface area contributed by atoms with Gasteiger partial charge in [-0.3, -0.25) is 0 Å². The maximum Gasteiger partial charge on any atom is 0.0642 e. The molecule has 1 aromatic carbocycles. The second-order valence-electron chi connectivity index (χ2n) is 5.41. The first-order chi connectivity index (χ1) is 8.61. The summed E-state index contributed by atoms with van der Waals surface area (Å²) in [5, 5.41) is 4.21. The van der Waals surface area contributed by atoms with Crippen LogP contribution in [0.25, 0.3) is 0 Å². The van der Waals surface area contributed by atoms with Crippen LogP contribution in [0.1, 0.15) is 32.8 Å². The molecule has 0 aromatic heterocycles. The fourth-order valence-corrected chi connectivity index (χ4v) is 3.11. The van der Waals surface area contributed by atoms with Crippen molar-refractivity contribution in [2.75, 3.05) is 18.0 Å². The highest BCUT2D eigenvalue weighted by atomic mass is 35.5. The van der Waals surface area contributed by atoms with Crippen molar-refractivity contribution in [2.24, 2.45) is 5.92 Å². The fourth-order valence-electron chi connectivity index (χ4n) is 2.80. The first kappa shape index (κ1) is 13.7. The predicted molar refractivity (Wildman–Crippen MR) is 79.4 cm³/mol. The predicted octanol–water partition coefficient (Wildman–Crippen LogP) is 3.68. The lowest BCUT2D eigenvalue weighted by Crippen LogP contribution is -2.27. The van der Waals surface area contributed by atoms with E-state index in [0.717, 1.165) is 30.6 Å². The molecule has 2 nitrogen and oxygen atoms in total. The molecule has 3 heteroatoms. The summed E-state index contributed by atoms with van der Waals surface area (Å²) in [6.45, 7) is 9.70. The average molecular weight is 267 g/mol. The van der Waals surface area contributed by atoms with Gasteiger partial charge in [-0.05, 0) is 43.5 Å². The van der Waals surface area contributed by atoms with Crippen LogP contribution < -0.4 is 10.2 Å². The fraction of sp³-hybridized carbons (Fsp3) is 0.600. The maximum atomic E-state index is 6.43. The van der Waals surface area contributed by atoms with E-state index < -0.39 is 0 Å². The van der Waals surface area contributed by atoms with Crippen LogP contribution in [0.3, 0.4) is 0 Å². The lowest BCUT2D eigenvalue weighted by atomic mass is 10.1. The Kier molecular flexibility index (Phi) is 4.52. The number of rotatable bonds is 4. The summed E-state index contributed by atoms with van der Waals surface area (Å²) in [6, 6.07) is 7.04. The van der Waals surface area contributed by atoms with Crippen LogP contribution >= 0.6 is 11.6 Å². The lowest BCUT2D eigenvalue weighted by Gasteiger charge is -2.25. The van der Waals surface area contributed by atoms with Crippen LogP contribution in [0.15, 0.2) is 18.2 Å². The van der Waals surface area contributed by atoms with Gasteiger partial charge in [-0.2, -0.15) is 0 Å². The van der Waals surface area contributed by atoms with Crippen molar-refractivity contribution in [3.63, 3.8) is 0 Å². The minimum Gasteiger partial charge on any atom is -0.367 e. The molecule has 0 bridgehead atoms. The number of anilines is 1. The SMILES string of the molecule is CCNCc1ccc(N2CC(C)CC2C)c(Cl)c1. The normalized spacial score (nSPS) is 23.7. The van der Waals surface area contributed by atoms with E-state index >= 15 is 0 Å². The Labute approximate surface area is 115 Å². The molecule has 100 valence electrons. The van der Waals surface area contributed by atoms with E-state index in [1.54, 1.807) is 0 Å². The summed E-state index contributed by atoms with van der Waals surface area (Å²) in [5.41, 5.74) is 2.44. The molecule has 2 rings (SSSR count). The van der Waals surface area contributed by atoms with Gasteiger partial charge in [-0.25, -0.2) is 0 Å². The second-order valence-corrected chi connectivity index (χ2v) is 5.82. The topological polar surface area (TPSA) is 15.3 Å². The van der Waals surface area contributed by atoms with Crippen molar-refractivity contribution in [3.05, 3.63) is 28.8 Å². The Balaban J connectivity index is 2.14. The van der Waals surface area contributed by atoms with E-state index in [1.807, 2.05) is 0 Å². The molecule has 1 aromatic rings. The molecule has 2 atom stereocenters. The Morgan fingerprint density at radius 1 is 1.39 bits per heavy atom. The summed E-state index contributed by atoms with van der Waals surface area (Å²) in [7, 11) is 0. The Morgan fingerprint density at radius 3 is 2.72 bits per heavy atom. The molecule has 0 saturated carbocycles. The molecule has 1 N–H and O–H groups in total. The summed E-state index contributed by atoms with van der Waals surface area (Å²) in [5.74, 6) is 0.762. The minimum atomic E-state index is 0.595. The van der Waals surface area contributed by atoms with Crippen LogP contribution in [0.2, 0.25) is 5.02 Å². The molecule has 1 heterocycles. The molecule has 1 aliphatic rings. The highest BCUT2D eigenvalue weighted by Gasteiger charge is 2.27. The molecule has 1 saturated heterocycles. The number of benzene rings is 1. The Morgan fingerprint density at radius 2 is 2.17 bits per heavy atom. The zero-order valence-corrected chi connectivity index (χ0v) is 12.3. The number of nitrogens with zero attached hydrogens (tertiary/aromatic N) is 1. The van der Waals surface area contributed by atoms with Crippen molar-refractivity contribution < 1.29 is 0 Å². The van der Waals surface area contributed by atoms with E-state index in [2.05, 4.69) is 49.2 Å². The van der Waals surface area contributed by atoms with E-state index in [9.17, 15) is 0 Å². The van der Waals surface area contributed by atoms with Gasteiger partial charge in [0.05, 0.1) is 10.7 Å². The molecule has 0 amide bonds. The summed E-state index contributed by atoms with van der Waals surface area (Å²) in [6.07, 6.45) is 1.26. The average Bonchev–Trinajstić information content (AvgIpc) is 2.66. The quantitative estimate of drug-likeness (QED) is 0.894. The second kappa shape index (κ2) is 5.94. The zero-order chi connectivity index (χ0) is 13.1. The standard InChI is InChI=1S/C15H23ClN2/c1-4-17-9-13-5-6-15(14(16)8-13)18-10-11(2)7-12(18)3/h5-6,8,11-12,17H,4,7,9-10H2,1-3H3. The smallest absolute Gasteiger partial charge is 0.0642 e.